The first-order valence-electron chi connectivity index (χ1n) is 7.03. The van der Waals surface area contributed by atoms with Crippen molar-refractivity contribution in [2.45, 2.75) is 56.4 Å². The predicted molar refractivity (Wildman–Crippen MR) is 80.5 cm³/mol. The number of methoxy groups -OCH3 is 1. The number of nitrogens with zero attached hydrogens (tertiary/aromatic N) is 2. The molecule has 2 N–H and O–H groups in total. The maximum Gasteiger partial charge on any atom is 0.344 e. The van der Waals surface area contributed by atoms with E-state index in [0.717, 1.165) is 12.8 Å². The molecule has 1 atom stereocenters. The van der Waals surface area contributed by atoms with Crippen molar-refractivity contribution in [3.8, 4) is 0 Å². The molecular formula is C13H22N4O3S. The fraction of sp³-hybridized carbons (Fsp3) is 0.769. The summed E-state index contributed by atoms with van der Waals surface area (Å²) in [5.74, 6) is 0.156. The van der Waals surface area contributed by atoms with Gasteiger partial charge in [-0.1, -0.05) is 11.8 Å². The topological polar surface area (TPSA) is 89.0 Å². The van der Waals surface area contributed by atoms with E-state index in [1.165, 1.54) is 18.9 Å². The fourth-order valence-electron chi connectivity index (χ4n) is 2.12. The number of hydrogen-bond acceptors (Lipinski definition) is 6. The highest BCUT2D eigenvalue weighted by atomic mass is 32.2. The third-order valence-electron chi connectivity index (χ3n) is 3.41. The minimum Gasteiger partial charge on any atom is -0.468 e. The number of ether oxygens (including phenoxy) is 1. The van der Waals surface area contributed by atoms with Crippen molar-refractivity contribution in [1.82, 2.24) is 20.1 Å². The molecule has 0 radical (unpaired) electrons. The quantitative estimate of drug-likeness (QED) is 0.575. The lowest BCUT2D eigenvalue weighted by atomic mass is 10.1. The molecule has 0 spiro atoms. The summed E-state index contributed by atoms with van der Waals surface area (Å²) in [5.41, 5.74) is -1.01. The minimum absolute atomic E-state index is 0.0134. The Labute approximate surface area is 127 Å². The summed E-state index contributed by atoms with van der Waals surface area (Å²) in [5, 5.41) is 10.4. The van der Waals surface area contributed by atoms with Gasteiger partial charge in [-0.25, -0.2) is 9.89 Å². The molecule has 1 aliphatic rings. The molecule has 0 aromatic carbocycles. The van der Waals surface area contributed by atoms with E-state index in [1.807, 2.05) is 20.8 Å². The minimum atomic E-state index is -0.780. The third kappa shape index (κ3) is 3.68. The van der Waals surface area contributed by atoms with Crippen LogP contribution in [0.5, 0.6) is 0 Å². The zero-order valence-electron chi connectivity index (χ0n) is 12.8. The second-order valence-corrected chi connectivity index (χ2v) is 6.75. The van der Waals surface area contributed by atoms with Crippen LogP contribution in [0.2, 0.25) is 0 Å². The number of thioether (sulfide) groups is 1. The van der Waals surface area contributed by atoms with E-state index < -0.39 is 5.54 Å². The number of H-pyrrole nitrogens is 1. The van der Waals surface area contributed by atoms with E-state index in [9.17, 15) is 9.59 Å². The summed E-state index contributed by atoms with van der Waals surface area (Å²) in [7, 11) is 1.39. The molecule has 1 aromatic heterocycles. The van der Waals surface area contributed by atoms with Gasteiger partial charge >= 0.3 is 11.7 Å². The van der Waals surface area contributed by atoms with Gasteiger partial charge in [-0.15, -0.1) is 5.10 Å². The number of rotatable bonds is 7. The molecule has 1 fully saturated rings. The molecule has 1 aliphatic carbocycles. The van der Waals surface area contributed by atoms with Crippen molar-refractivity contribution in [3.63, 3.8) is 0 Å². The van der Waals surface area contributed by atoms with Gasteiger partial charge < -0.3 is 4.74 Å². The third-order valence-corrected chi connectivity index (χ3v) is 4.68. The van der Waals surface area contributed by atoms with Crippen molar-refractivity contribution in [2.24, 2.45) is 0 Å². The van der Waals surface area contributed by atoms with Crippen LogP contribution in [0.25, 0.3) is 0 Å². The number of aromatic nitrogens is 3. The lowest BCUT2D eigenvalue weighted by molar-refractivity contribution is -0.147. The molecule has 0 saturated heterocycles. The summed E-state index contributed by atoms with van der Waals surface area (Å²) in [4.78, 5) is 23.8. The Kier molecular flexibility index (Phi) is 4.77. The van der Waals surface area contributed by atoms with E-state index in [2.05, 4.69) is 15.5 Å². The molecule has 1 aromatic rings. The van der Waals surface area contributed by atoms with Gasteiger partial charge in [-0.3, -0.25) is 14.7 Å². The van der Waals surface area contributed by atoms with Crippen LogP contribution < -0.4 is 11.0 Å². The summed E-state index contributed by atoms with van der Waals surface area (Å²) < 4.78 is 6.49. The number of aromatic amines is 1. The first-order valence-corrected chi connectivity index (χ1v) is 8.02. The van der Waals surface area contributed by atoms with Crippen LogP contribution in [0.4, 0.5) is 0 Å². The van der Waals surface area contributed by atoms with Crippen LogP contribution in [0.1, 0.15) is 39.7 Å². The molecule has 0 amide bonds. The number of esters is 1. The van der Waals surface area contributed by atoms with Gasteiger partial charge in [0.1, 0.15) is 5.54 Å². The monoisotopic (exact) mass is 314 g/mol. The van der Waals surface area contributed by atoms with Crippen molar-refractivity contribution < 1.29 is 9.53 Å². The van der Waals surface area contributed by atoms with Gasteiger partial charge in [0.05, 0.1) is 7.11 Å². The summed E-state index contributed by atoms with van der Waals surface area (Å²) in [6.45, 7) is 5.67. The summed E-state index contributed by atoms with van der Waals surface area (Å²) in [6, 6.07) is 0.390. The average Bonchev–Trinajstić information content (AvgIpc) is 3.15. The van der Waals surface area contributed by atoms with Gasteiger partial charge in [-0.2, -0.15) is 0 Å². The van der Waals surface area contributed by atoms with Gasteiger partial charge in [0.15, 0.2) is 5.16 Å². The van der Waals surface area contributed by atoms with Crippen LogP contribution in [0.3, 0.4) is 0 Å². The van der Waals surface area contributed by atoms with E-state index >= 15 is 0 Å². The van der Waals surface area contributed by atoms with Crippen LogP contribution in [-0.4, -0.2) is 45.2 Å². The lowest BCUT2D eigenvalue weighted by Crippen LogP contribution is -2.53. The summed E-state index contributed by atoms with van der Waals surface area (Å²) >= 11 is 1.37. The predicted octanol–water partition coefficient (Wildman–Crippen LogP) is 0.928. The van der Waals surface area contributed by atoms with Crippen molar-refractivity contribution in [3.05, 3.63) is 10.5 Å². The molecule has 1 unspecified atom stereocenters. The van der Waals surface area contributed by atoms with Crippen LogP contribution in [0, 0.1) is 0 Å². The van der Waals surface area contributed by atoms with E-state index in [4.69, 9.17) is 4.74 Å². The normalized spacial score (nSPS) is 17.8. The zero-order chi connectivity index (χ0) is 15.6. The van der Waals surface area contributed by atoms with Crippen LogP contribution >= 0.6 is 11.8 Å². The Morgan fingerprint density at radius 2 is 2.29 bits per heavy atom. The smallest absolute Gasteiger partial charge is 0.344 e. The Hall–Kier alpha value is -1.28. The molecule has 118 valence electrons. The van der Waals surface area contributed by atoms with Crippen molar-refractivity contribution in [2.75, 3.05) is 12.9 Å². The first-order chi connectivity index (χ1) is 9.87. The second-order valence-electron chi connectivity index (χ2n) is 5.81. The molecule has 0 aliphatic heterocycles. The maximum atomic E-state index is 12.0. The second kappa shape index (κ2) is 6.23. The number of carbonyl (C=O) groups excluding carboxylic acids is 1. The highest BCUT2D eigenvalue weighted by Crippen LogP contribution is 2.27. The van der Waals surface area contributed by atoms with Gasteiger partial charge in [0.25, 0.3) is 0 Å². The van der Waals surface area contributed by atoms with E-state index in [-0.39, 0.29) is 17.7 Å². The van der Waals surface area contributed by atoms with Crippen molar-refractivity contribution in [1.29, 1.82) is 0 Å². The average molecular weight is 314 g/mol. The summed E-state index contributed by atoms with van der Waals surface area (Å²) in [6.07, 6.45) is 2.16. The van der Waals surface area contributed by atoms with E-state index in [0.29, 0.717) is 17.0 Å². The molecule has 0 bridgehead atoms. The molecule has 1 saturated carbocycles. The van der Waals surface area contributed by atoms with Crippen LogP contribution in [-0.2, 0) is 9.53 Å². The van der Waals surface area contributed by atoms with Gasteiger partial charge in [0, 0.05) is 17.8 Å². The SMILES string of the molecule is COC(=O)C(C)(CSc1n[nH]c(=O)n1C(C)C)NC1CC1. The molecule has 2 rings (SSSR count). The molecule has 7 nitrogen and oxygen atoms in total. The highest BCUT2D eigenvalue weighted by Gasteiger charge is 2.39. The molecular weight excluding hydrogens is 292 g/mol. The lowest BCUT2D eigenvalue weighted by Gasteiger charge is -2.27. The number of nitrogens with one attached hydrogen (secondary N) is 2. The maximum absolute atomic E-state index is 12.0. The Morgan fingerprint density at radius 1 is 1.62 bits per heavy atom. The van der Waals surface area contributed by atoms with Gasteiger partial charge in [-0.05, 0) is 33.6 Å². The van der Waals surface area contributed by atoms with Crippen LogP contribution in [0.15, 0.2) is 9.95 Å². The number of hydrogen-bond donors (Lipinski definition) is 2. The highest BCUT2D eigenvalue weighted by molar-refractivity contribution is 7.99. The Morgan fingerprint density at radius 3 is 2.81 bits per heavy atom. The molecule has 1 heterocycles. The first kappa shape index (κ1) is 16.1. The van der Waals surface area contributed by atoms with Gasteiger partial charge in [0.2, 0.25) is 0 Å². The fourth-order valence-corrected chi connectivity index (χ4v) is 3.28. The largest absolute Gasteiger partial charge is 0.468 e. The molecule has 21 heavy (non-hydrogen) atoms. The standard InChI is InChI=1S/C13H22N4O3S/c1-8(2)17-11(19)15-16-12(17)21-7-13(3,10(18)20-4)14-9-5-6-9/h8-9,14H,5-7H2,1-4H3,(H,15,19). The van der Waals surface area contributed by atoms with E-state index in [1.54, 1.807) is 4.57 Å². The number of carbonyl (C=O) groups is 1. The Balaban J connectivity index is 2.11. The van der Waals surface area contributed by atoms with Crippen molar-refractivity contribution >= 4 is 17.7 Å². The Bertz CT molecular complexity index is 564. The zero-order valence-corrected chi connectivity index (χ0v) is 13.6. The molecule has 8 heteroatoms.